The molecular formula is C6H15N3O. The van der Waals surface area contributed by atoms with Gasteiger partial charge in [-0.3, -0.25) is 10.3 Å². The lowest BCUT2D eigenvalue weighted by molar-refractivity contribution is 0.117. The van der Waals surface area contributed by atoms with E-state index in [0.717, 1.165) is 11.3 Å². The zero-order valence-corrected chi connectivity index (χ0v) is 6.48. The van der Waals surface area contributed by atoms with Crippen molar-refractivity contribution in [2.75, 3.05) is 20.2 Å². The van der Waals surface area contributed by atoms with E-state index in [1.54, 1.807) is 7.11 Å². The highest BCUT2D eigenvalue weighted by atomic mass is 16.6. The van der Waals surface area contributed by atoms with Crippen molar-refractivity contribution in [1.29, 1.82) is 0 Å². The van der Waals surface area contributed by atoms with Gasteiger partial charge in [0.1, 0.15) is 0 Å². The summed E-state index contributed by atoms with van der Waals surface area (Å²) in [7, 11) is 1.55. The molecule has 0 saturated carbocycles. The van der Waals surface area contributed by atoms with E-state index in [0.29, 0.717) is 13.1 Å². The first kappa shape index (κ1) is 9.42. The Balaban J connectivity index is 3.98. The van der Waals surface area contributed by atoms with Crippen molar-refractivity contribution in [1.82, 2.24) is 5.48 Å². The molecule has 0 aliphatic carbocycles. The highest BCUT2D eigenvalue weighted by molar-refractivity contribution is 5.11. The van der Waals surface area contributed by atoms with Crippen molar-refractivity contribution in [3.63, 3.8) is 0 Å². The number of nitrogens with two attached hydrogens (primary N) is 2. The third-order valence-electron chi connectivity index (χ3n) is 1.28. The normalized spacial score (nSPS) is 9.20. The Morgan fingerprint density at radius 3 is 2.20 bits per heavy atom. The first-order valence-electron chi connectivity index (χ1n) is 3.14. The molecule has 5 N–H and O–H groups in total. The molecular weight excluding hydrogens is 130 g/mol. The van der Waals surface area contributed by atoms with Crippen LogP contribution < -0.4 is 16.9 Å². The Morgan fingerprint density at radius 1 is 1.40 bits per heavy atom. The fourth-order valence-corrected chi connectivity index (χ4v) is 0.615. The zero-order chi connectivity index (χ0) is 7.98. The Morgan fingerprint density at radius 2 is 1.90 bits per heavy atom. The molecule has 0 aromatic heterocycles. The summed E-state index contributed by atoms with van der Waals surface area (Å²) in [5.74, 6) is 0. The van der Waals surface area contributed by atoms with E-state index in [1.807, 2.05) is 6.92 Å². The van der Waals surface area contributed by atoms with Crippen molar-refractivity contribution >= 4 is 0 Å². The number of nitrogens with one attached hydrogen (secondary N) is 1. The number of hydrogen-bond donors (Lipinski definition) is 3. The number of rotatable bonds is 4. The molecule has 4 heteroatoms. The summed E-state index contributed by atoms with van der Waals surface area (Å²) in [5.41, 5.74) is 15.3. The maximum absolute atomic E-state index is 5.38. The van der Waals surface area contributed by atoms with E-state index in [-0.39, 0.29) is 0 Å². The van der Waals surface area contributed by atoms with Crippen LogP contribution in [0.5, 0.6) is 0 Å². The fraction of sp³-hybridized carbons (Fsp3) is 0.667. The van der Waals surface area contributed by atoms with Crippen LogP contribution >= 0.6 is 0 Å². The molecule has 0 fully saturated rings. The van der Waals surface area contributed by atoms with Gasteiger partial charge in [-0.2, -0.15) is 0 Å². The lowest BCUT2D eigenvalue weighted by Crippen LogP contribution is -2.20. The van der Waals surface area contributed by atoms with Gasteiger partial charge in [-0.05, 0) is 12.5 Å². The van der Waals surface area contributed by atoms with Crippen molar-refractivity contribution < 1.29 is 4.84 Å². The first-order chi connectivity index (χ1) is 4.76. The minimum atomic E-state index is 0.471. The molecule has 0 bridgehead atoms. The summed E-state index contributed by atoms with van der Waals surface area (Å²) < 4.78 is 0. The molecule has 0 aromatic carbocycles. The van der Waals surface area contributed by atoms with Gasteiger partial charge in [0, 0.05) is 18.8 Å². The molecule has 0 atom stereocenters. The van der Waals surface area contributed by atoms with Crippen LogP contribution in [-0.2, 0) is 4.84 Å². The van der Waals surface area contributed by atoms with Crippen LogP contribution in [0, 0.1) is 0 Å². The molecule has 0 aliphatic rings. The van der Waals surface area contributed by atoms with E-state index < -0.39 is 0 Å². The SMILES string of the molecule is CONC(C)=C(CN)CN. The quantitative estimate of drug-likeness (QED) is 0.459. The maximum Gasteiger partial charge on any atom is 0.0636 e. The summed E-state index contributed by atoms with van der Waals surface area (Å²) in [4.78, 5) is 4.67. The minimum Gasteiger partial charge on any atom is -0.327 e. The lowest BCUT2D eigenvalue weighted by atomic mass is 10.2. The number of allylic oxidation sites excluding steroid dienone is 1. The predicted octanol–water partition coefficient (Wildman–Crippen LogP) is -0.671. The van der Waals surface area contributed by atoms with Gasteiger partial charge in [0.2, 0.25) is 0 Å². The summed E-state index contributed by atoms with van der Waals surface area (Å²) >= 11 is 0. The molecule has 0 aromatic rings. The molecule has 0 heterocycles. The van der Waals surface area contributed by atoms with Crippen molar-refractivity contribution in [2.24, 2.45) is 11.5 Å². The Hall–Kier alpha value is -0.580. The molecule has 0 rings (SSSR count). The molecule has 60 valence electrons. The Kier molecular flexibility index (Phi) is 4.92. The van der Waals surface area contributed by atoms with Crippen LogP contribution in [0.2, 0.25) is 0 Å². The summed E-state index contributed by atoms with van der Waals surface area (Å²) in [5, 5.41) is 0. The van der Waals surface area contributed by atoms with Crippen molar-refractivity contribution in [3.05, 3.63) is 11.3 Å². The van der Waals surface area contributed by atoms with E-state index in [2.05, 4.69) is 10.3 Å². The number of hydroxylamine groups is 1. The summed E-state index contributed by atoms with van der Waals surface area (Å²) in [6.45, 7) is 2.82. The molecule has 0 aliphatic heterocycles. The highest BCUT2D eigenvalue weighted by Gasteiger charge is 1.95. The fourth-order valence-electron chi connectivity index (χ4n) is 0.615. The van der Waals surface area contributed by atoms with E-state index in [4.69, 9.17) is 11.5 Å². The van der Waals surface area contributed by atoms with Gasteiger partial charge in [-0.1, -0.05) is 0 Å². The maximum atomic E-state index is 5.38. The average Bonchev–Trinajstić information content (AvgIpc) is 1.91. The average molecular weight is 145 g/mol. The van der Waals surface area contributed by atoms with Gasteiger partial charge >= 0.3 is 0 Å². The van der Waals surface area contributed by atoms with Gasteiger partial charge in [0.15, 0.2) is 0 Å². The van der Waals surface area contributed by atoms with Crippen LogP contribution in [0.3, 0.4) is 0 Å². The lowest BCUT2D eigenvalue weighted by Gasteiger charge is -2.08. The van der Waals surface area contributed by atoms with Crippen LogP contribution in [0.25, 0.3) is 0 Å². The van der Waals surface area contributed by atoms with Gasteiger partial charge in [-0.15, -0.1) is 0 Å². The number of hydrogen-bond acceptors (Lipinski definition) is 4. The Labute approximate surface area is 61.2 Å². The van der Waals surface area contributed by atoms with E-state index >= 15 is 0 Å². The summed E-state index contributed by atoms with van der Waals surface area (Å²) in [6, 6.07) is 0. The molecule has 0 radical (unpaired) electrons. The third-order valence-corrected chi connectivity index (χ3v) is 1.28. The largest absolute Gasteiger partial charge is 0.327 e. The van der Waals surface area contributed by atoms with Crippen LogP contribution in [0.1, 0.15) is 6.92 Å². The molecule has 0 amide bonds. The molecule has 0 unspecified atom stereocenters. The van der Waals surface area contributed by atoms with Gasteiger partial charge < -0.3 is 11.5 Å². The van der Waals surface area contributed by atoms with Gasteiger partial charge in [0.25, 0.3) is 0 Å². The second-order valence-electron chi connectivity index (χ2n) is 1.94. The second kappa shape index (κ2) is 5.22. The highest BCUT2D eigenvalue weighted by Crippen LogP contribution is 1.95. The predicted molar refractivity (Wildman–Crippen MR) is 41.0 cm³/mol. The van der Waals surface area contributed by atoms with Crippen LogP contribution in [0.15, 0.2) is 11.3 Å². The van der Waals surface area contributed by atoms with E-state index in [1.165, 1.54) is 0 Å². The van der Waals surface area contributed by atoms with Crippen LogP contribution in [0.4, 0.5) is 0 Å². The Bertz CT molecular complexity index is 116. The van der Waals surface area contributed by atoms with Crippen molar-refractivity contribution in [2.45, 2.75) is 6.92 Å². The van der Waals surface area contributed by atoms with E-state index in [9.17, 15) is 0 Å². The molecule has 0 saturated heterocycles. The monoisotopic (exact) mass is 145 g/mol. The zero-order valence-electron chi connectivity index (χ0n) is 6.48. The molecule has 4 nitrogen and oxygen atoms in total. The topological polar surface area (TPSA) is 73.3 Å². The second-order valence-corrected chi connectivity index (χ2v) is 1.94. The van der Waals surface area contributed by atoms with Gasteiger partial charge in [-0.25, -0.2) is 0 Å². The molecule has 10 heavy (non-hydrogen) atoms. The standard InChI is InChI=1S/C6H15N3O/c1-5(9-10-2)6(3-7)4-8/h9H,3-4,7-8H2,1-2H3. The minimum absolute atomic E-state index is 0.471. The first-order valence-corrected chi connectivity index (χ1v) is 3.14. The summed E-state index contributed by atoms with van der Waals surface area (Å²) in [6.07, 6.45) is 0. The molecule has 0 spiro atoms. The van der Waals surface area contributed by atoms with Crippen molar-refractivity contribution in [3.8, 4) is 0 Å². The third kappa shape index (κ3) is 2.82. The van der Waals surface area contributed by atoms with Gasteiger partial charge in [0.05, 0.1) is 7.11 Å². The van der Waals surface area contributed by atoms with Crippen LogP contribution in [-0.4, -0.2) is 20.2 Å². The smallest absolute Gasteiger partial charge is 0.0636 e.